The highest BCUT2D eigenvalue weighted by Gasteiger charge is 2.52. The second-order valence-corrected chi connectivity index (χ2v) is 6.43. The third kappa shape index (κ3) is 2.75. The lowest BCUT2D eigenvalue weighted by molar-refractivity contribution is 0.00578. The fraction of sp³-hybridized carbons (Fsp3) is 0.500. The smallest absolute Gasteiger partial charge is 0.465 e. The summed E-state index contributed by atoms with van der Waals surface area (Å²) < 4.78 is 16.6. The number of nitrogens with two attached hydrogens (primary N) is 1. The number of esters is 1. The number of benzene rings is 1. The molecule has 2 rings (SSSR count). The van der Waals surface area contributed by atoms with Crippen molar-refractivity contribution in [2.24, 2.45) is 0 Å². The van der Waals surface area contributed by atoms with Crippen molar-refractivity contribution in [2.75, 3.05) is 12.8 Å². The third-order valence-electron chi connectivity index (χ3n) is 4.06. The molecular formula is C14H19BClNO4. The van der Waals surface area contributed by atoms with Crippen LogP contribution in [0.1, 0.15) is 38.1 Å². The lowest BCUT2D eigenvalue weighted by Crippen LogP contribution is -2.41. The van der Waals surface area contributed by atoms with Crippen LogP contribution < -0.4 is 11.2 Å². The molecule has 0 aromatic heterocycles. The van der Waals surface area contributed by atoms with Gasteiger partial charge in [-0.05, 0) is 39.8 Å². The van der Waals surface area contributed by atoms with E-state index in [4.69, 9.17) is 31.4 Å². The van der Waals surface area contributed by atoms with Gasteiger partial charge in [-0.25, -0.2) is 4.79 Å². The first-order chi connectivity index (χ1) is 9.59. The quantitative estimate of drug-likeness (QED) is 0.514. The van der Waals surface area contributed by atoms with Gasteiger partial charge in [-0.2, -0.15) is 0 Å². The molecular weight excluding hydrogens is 292 g/mol. The molecule has 1 saturated heterocycles. The molecule has 5 nitrogen and oxygen atoms in total. The molecule has 2 N–H and O–H groups in total. The Morgan fingerprint density at radius 1 is 1.24 bits per heavy atom. The summed E-state index contributed by atoms with van der Waals surface area (Å²) in [5.74, 6) is -0.490. The van der Waals surface area contributed by atoms with Crippen molar-refractivity contribution >= 4 is 35.8 Å². The standard InChI is InChI=1S/C14H19BClNO4/c1-13(2)14(3,4)21-15(20-13)9-6-8(12(18)19-5)7-10(17)11(9)16/h6-7H,17H2,1-5H3. The SMILES string of the molecule is COC(=O)c1cc(N)c(Cl)c(B2OC(C)(C)C(C)(C)O2)c1. The van der Waals surface area contributed by atoms with Gasteiger partial charge in [0.25, 0.3) is 0 Å². The van der Waals surface area contributed by atoms with Gasteiger partial charge < -0.3 is 19.8 Å². The number of hydrogen-bond acceptors (Lipinski definition) is 5. The zero-order chi connectivity index (χ0) is 16.0. The van der Waals surface area contributed by atoms with E-state index in [9.17, 15) is 4.79 Å². The van der Waals surface area contributed by atoms with Gasteiger partial charge in [0, 0.05) is 5.46 Å². The number of anilines is 1. The van der Waals surface area contributed by atoms with Gasteiger partial charge in [-0.3, -0.25) is 0 Å². The first-order valence-electron chi connectivity index (χ1n) is 6.62. The van der Waals surface area contributed by atoms with E-state index >= 15 is 0 Å². The minimum atomic E-state index is -0.686. The van der Waals surface area contributed by atoms with Crippen LogP contribution in [-0.4, -0.2) is 31.4 Å². The average molecular weight is 312 g/mol. The van der Waals surface area contributed by atoms with Crippen LogP contribution in [0.3, 0.4) is 0 Å². The molecule has 114 valence electrons. The van der Waals surface area contributed by atoms with E-state index in [0.29, 0.717) is 16.0 Å². The number of halogens is 1. The zero-order valence-corrected chi connectivity index (χ0v) is 13.6. The summed E-state index contributed by atoms with van der Waals surface area (Å²) in [6.07, 6.45) is 0. The number of methoxy groups -OCH3 is 1. The van der Waals surface area contributed by atoms with Gasteiger partial charge in [0.1, 0.15) is 0 Å². The van der Waals surface area contributed by atoms with Crippen LogP contribution in [0.15, 0.2) is 12.1 Å². The largest absolute Gasteiger partial charge is 0.496 e. The van der Waals surface area contributed by atoms with E-state index in [2.05, 4.69) is 0 Å². The summed E-state index contributed by atoms with van der Waals surface area (Å²) in [5.41, 5.74) is 5.97. The van der Waals surface area contributed by atoms with Gasteiger partial charge in [0.05, 0.1) is 34.6 Å². The maximum absolute atomic E-state index is 11.7. The Kier molecular flexibility index (Phi) is 3.99. The van der Waals surface area contributed by atoms with Crippen molar-refractivity contribution in [1.82, 2.24) is 0 Å². The number of nitrogen functional groups attached to an aromatic ring is 1. The Morgan fingerprint density at radius 3 is 2.24 bits per heavy atom. The van der Waals surface area contributed by atoms with Gasteiger partial charge in [0.15, 0.2) is 0 Å². The summed E-state index contributed by atoms with van der Waals surface area (Å²) in [6, 6.07) is 3.07. The molecule has 0 radical (unpaired) electrons. The van der Waals surface area contributed by atoms with Crippen LogP contribution in [-0.2, 0) is 14.0 Å². The van der Waals surface area contributed by atoms with E-state index in [1.807, 2.05) is 27.7 Å². The summed E-state index contributed by atoms with van der Waals surface area (Å²) >= 11 is 6.24. The minimum Gasteiger partial charge on any atom is -0.465 e. The molecule has 1 aromatic rings. The van der Waals surface area contributed by atoms with Crippen LogP contribution in [0.25, 0.3) is 0 Å². The first kappa shape index (κ1) is 16.1. The third-order valence-corrected chi connectivity index (χ3v) is 4.49. The van der Waals surface area contributed by atoms with E-state index in [-0.39, 0.29) is 5.69 Å². The second kappa shape index (κ2) is 5.19. The number of hydrogen-bond donors (Lipinski definition) is 1. The topological polar surface area (TPSA) is 70.8 Å². The highest BCUT2D eigenvalue weighted by molar-refractivity contribution is 6.66. The number of rotatable bonds is 2. The number of ether oxygens (including phenoxy) is 1. The molecule has 1 aliphatic heterocycles. The van der Waals surface area contributed by atoms with Crippen molar-refractivity contribution in [1.29, 1.82) is 0 Å². The minimum absolute atomic E-state index is 0.282. The molecule has 0 spiro atoms. The summed E-state index contributed by atoms with van der Waals surface area (Å²) in [6.45, 7) is 7.76. The molecule has 1 heterocycles. The lowest BCUT2D eigenvalue weighted by Gasteiger charge is -2.32. The molecule has 0 unspecified atom stereocenters. The van der Waals surface area contributed by atoms with Crippen LogP contribution in [0, 0.1) is 0 Å². The Bertz CT molecular complexity index is 573. The normalized spacial score (nSPS) is 19.6. The molecule has 21 heavy (non-hydrogen) atoms. The van der Waals surface area contributed by atoms with E-state index < -0.39 is 24.3 Å². The Hall–Kier alpha value is -1.24. The summed E-state index contributed by atoms with van der Waals surface area (Å²) in [5, 5.41) is 0.321. The lowest BCUT2D eigenvalue weighted by atomic mass is 9.78. The van der Waals surface area contributed by atoms with Crippen LogP contribution in [0.4, 0.5) is 5.69 Å². The van der Waals surface area contributed by atoms with Crippen molar-refractivity contribution in [3.8, 4) is 0 Å². The average Bonchev–Trinajstić information content (AvgIpc) is 2.60. The molecule has 0 bridgehead atoms. The van der Waals surface area contributed by atoms with Crippen molar-refractivity contribution in [3.63, 3.8) is 0 Å². The van der Waals surface area contributed by atoms with Gasteiger partial charge in [-0.15, -0.1) is 0 Å². The van der Waals surface area contributed by atoms with E-state index in [1.165, 1.54) is 13.2 Å². The van der Waals surface area contributed by atoms with Crippen molar-refractivity contribution < 1.29 is 18.8 Å². The van der Waals surface area contributed by atoms with Gasteiger partial charge >= 0.3 is 13.1 Å². The van der Waals surface area contributed by atoms with Gasteiger partial charge in [0.2, 0.25) is 0 Å². The molecule has 0 saturated carbocycles. The number of carbonyl (C=O) groups is 1. The highest BCUT2D eigenvalue weighted by Crippen LogP contribution is 2.37. The molecule has 1 fully saturated rings. The van der Waals surface area contributed by atoms with Crippen molar-refractivity contribution in [3.05, 3.63) is 22.7 Å². The predicted molar refractivity (Wildman–Crippen MR) is 82.9 cm³/mol. The fourth-order valence-electron chi connectivity index (χ4n) is 2.05. The van der Waals surface area contributed by atoms with E-state index in [1.54, 1.807) is 6.07 Å². The van der Waals surface area contributed by atoms with Gasteiger partial charge in [-0.1, -0.05) is 11.6 Å². The zero-order valence-electron chi connectivity index (χ0n) is 12.8. The maximum Gasteiger partial charge on any atom is 0.496 e. The molecule has 0 aliphatic carbocycles. The van der Waals surface area contributed by atoms with Crippen LogP contribution in [0.5, 0.6) is 0 Å². The Labute approximate surface area is 129 Å². The van der Waals surface area contributed by atoms with Crippen LogP contribution in [0.2, 0.25) is 5.02 Å². The second-order valence-electron chi connectivity index (χ2n) is 6.05. The van der Waals surface area contributed by atoms with Crippen molar-refractivity contribution in [2.45, 2.75) is 38.9 Å². The van der Waals surface area contributed by atoms with Crippen LogP contribution >= 0.6 is 11.6 Å². The molecule has 0 atom stereocenters. The molecule has 0 amide bonds. The van der Waals surface area contributed by atoms with E-state index in [0.717, 1.165) is 0 Å². The number of carbonyl (C=O) groups excluding carboxylic acids is 1. The first-order valence-corrected chi connectivity index (χ1v) is 7.00. The monoisotopic (exact) mass is 311 g/mol. The summed E-state index contributed by atoms with van der Waals surface area (Å²) in [7, 11) is 0.621. The summed E-state index contributed by atoms with van der Waals surface area (Å²) in [4.78, 5) is 11.7. The molecule has 1 aromatic carbocycles. The Morgan fingerprint density at radius 2 is 1.76 bits per heavy atom. The molecule has 1 aliphatic rings. The predicted octanol–water partition coefficient (Wildman–Crippen LogP) is 2.01. The highest BCUT2D eigenvalue weighted by atomic mass is 35.5. The maximum atomic E-state index is 11.7. The fourth-order valence-corrected chi connectivity index (χ4v) is 2.25. The molecule has 7 heteroatoms. The Balaban J connectivity index is 2.46.